The average molecular weight is 248 g/mol. The van der Waals surface area contributed by atoms with Crippen LogP contribution in [0, 0.1) is 0 Å². The summed E-state index contributed by atoms with van der Waals surface area (Å²) in [7, 11) is 0. The lowest BCUT2D eigenvalue weighted by Gasteiger charge is -2.07. The van der Waals surface area contributed by atoms with Crippen molar-refractivity contribution in [2.24, 2.45) is 0 Å². The topological polar surface area (TPSA) is 93.1 Å². The van der Waals surface area contributed by atoms with Gasteiger partial charge >= 0.3 is 11.9 Å². The first kappa shape index (κ1) is 12.0. The van der Waals surface area contributed by atoms with Crippen molar-refractivity contribution >= 4 is 22.7 Å². The van der Waals surface area contributed by atoms with Crippen LogP contribution < -0.4 is 0 Å². The van der Waals surface area contributed by atoms with Crippen LogP contribution in [0.4, 0.5) is 0 Å². The molecular formula is C12H8O6. The lowest BCUT2D eigenvalue weighted by Crippen LogP contribution is -2.08. The van der Waals surface area contributed by atoms with Crippen molar-refractivity contribution in [3.8, 4) is 0 Å². The SMILES string of the molecule is O=C(OO)c1cccc2cccc(C(=O)OO)c12. The first-order valence-electron chi connectivity index (χ1n) is 4.92. The van der Waals surface area contributed by atoms with E-state index in [4.69, 9.17) is 10.5 Å². The van der Waals surface area contributed by atoms with E-state index in [0.29, 0.717) is 5.39 Å². The minimum Gasteiger partial charge on any atom is -0.295 e. The fourth-order valence-electron chi connectivity index (χ4n) is 1.78. The van der Waals surface area contributed by atoms with E-state index in [1.807, 2.05) is 0 Å². The van der Waals surface area contributed by atoms with Crippen molar-refractivity contribution in [3.63, 3.8) is 0 Å². The summed E-state index contributed by atoms with van der Waals surface area (Å²) < 4.78 is 0. The number of fused-ring (bicyclic) bond motifs is 1. The molecule has 0 radical (unpaired) electrons. The van der Waals surface area contributed by atoms with Crippen molar-refractivity contribution in [1.82, 2.24) is 0 Å². The van der Waals surface area contributed by atoms with Crippen LogP contribution in [0.5, 0.6) is 0 Å². The molecule has 6 nitrogen and oxygen atoms in total. The molecule has 0 heterocycles. The van der Waals surface area contributed by atoms with Crippen LogP contribution >= 0.6 is 0 Å². The third-order valence-electron chi connectivity index (χ3n) is 2.51. The average Bonchev–Trinajstić information content (AvgIpc) is 2.44. The molecule has 2 N–H and O–H groups in total. The molecule has 0 aliphatic carbocycles. The molecule has 0 spiro atoms. The molecule has 92 valence electrons. The van der Waals surface area contributed by atoms with Gasteiger partial charge in [-0.1, -0.05) is 24.3 Å². The van der Waals surface area contributed by atoms with Crippen LogP contribution in [0.2, 0.25) is 0 Å². The van der Waals surface area contributed by atoms with Gasteiger partial charge in [0.25, 0.3) is 0 Å². The van der Waals surface area contributed by atoms with E-state index in [1.165, 1.54) is 12.1 Å². The molecular weight excluding hydrogens is 240 g/mol. The maximum absolute atomic E-state index is 11.4. The minimum atomic E-state index is -1.00. The molecule has 0 fully saturated rings. The third-order valence-corrected chi connectivity index (χ3v) is 2.51. The second-order valence-corrected chi connectivity index (χ2v) is 3.47. The lowest BCUT2D eigenvalue weighted by atomic mass is 9.99. The number of carbonyl (C=O) groups is 2. The van der Waals surface area contributed by atoms with Crippen LogP contribution in [0.3, 0.4) is 0 Å². The van der Waals surface area contributed by atoms with Crippen molar-refractivity contribution < 1.29 is 29.9 Å². The summed E-state index contributed by atoms with van der Waals surface area (Å²) >= 11 is 0. The van der Waals surface area contributed by atoms with Crippen molar-refractivity contribution in [1.29, 1.82) is 0 Å². The predicted octanol–water partition coefficient (Wildman–Crippen LogP) is 2.10. The Morgan fingerprint density at radius 2 is 1.28 bits per heavy atom. The Bertz CT molecular complexity index is 568. The van der Waals surface area contributed by atoms with Crippen molar-refractivity contribution in [2.75, 3.05) is 0 Å². The molecule has 0 atom stereocenters. The molecule has 2 rings (SSSR count). The van der Waals surface area contributed by atoms with Gasteiger partial charge in [-0.25, -0.2) is 9.59 Å². The normalized spacial score (nSPS) is 10.1. The molecule has 0 aromatic heterocycles. The van der Waals surface area contributed by atoms with Gasteiger partial charge in [-0.2, -0.15) is 10.5 Å². The van der Waals surface area contributed by atoms with E-state index < -0.39 is 11.9 Å². The molecule has 2 aromatic carbocycles. The van der Waals surface area contributed by atoms with Gasteiger partial charge in [0.2, 0.25) is 0 Å². The second-order valence-electron chi connectivity index (χ2n) is 3.47. The summed E-state index contributed by atoms with van der Waals surface area (Å²) in [6.45, 7) is 0. The highest BCUT2D eigenvalue weighted by atomic mass is 17.1. The summed E-state index contributed by atoms with van der Waals surface area (Å²) in [6, 6.07) is 9.24. The molecule has 0 unspecified atom stereocenters. The number of rotatable bonds is 2. The van der Waals surface area contributed by atoms with E-state index in [1.54, 1.807) is 24.3 Å². The molecule has 0 aliphatic rings. The van der Waals surface area contributed by atoms with E-state index in [2.05, 4.69) is 9.78 Å². The minimum absolute atomic E-state index is 0.00370. The number of carbonyl (C=O) groups excluding carboxylic acids is 2. The molecule has 6 heteroatoms. The second kappa shape index (κ2) is 4.82. The lowest BCUT2D eigenvalue weighted by molar-refractivity contribution is -0.183. The van der Waals surface area contributed by atoms with Crippen molar-refractivity contribution in [2.45, 2.75) is 0 Å². The molecule has 0 amide bonds. The highest BCUT2D eigenvalue weighted by molar-refractivity contribution is 6.13. The zero-order valence-corrected chi connectivity index (χ0v) is 8.99. The van der Waals surface area contributed by atoms with Gasteiger partial charge in [0, 0.05) is 5.39 Å². The molecule has 0 aliphatic heterocycles. The Kier molecular flexibility index (Phi) is 3.22. The summed E-state index contributed by atoms with van der Waals surface area (Å²) in [4.78, 5) is 30.1. The monoisotopic (exact) mass is 248 g/mol. The molecule has 2 aromatic rings. The Morgan fingerprint density at radius 1 is 0.833 bits per heavy atom. The first-order valence-corrected chi connectivity index (χ1v) is 4.92. The predicted molar refractivity (Wildman–Crippen MR) is 60.0 cm³/mol. The van der Waals surface area contributed by atoms with Gasteiger partial charge in [0.15, 0.2) is 0 Å². The number of benzene rings is 2. The van der Waals surface area contributed by atoms with Crippen LogP contribution in [0.15, 0.2) is 36.4 Å². The Labute approximate surface area is 101 Å². The van der Waals surface area contributed by atoms with Crippen molar-refractivity contribution in [3.05, 3.63) is 47.5 Å². The maximum Gasteiger partial charge on any atom is 0.373 e. The fourth-order valence-corrected chi connectivity index (χ4v) is 1.78. The largest absolute Gasteiger partial charge is 0.373 e. The Hall–Kier alpha value is -2.44. The molecule has 0 saturated heterocycles. The van der Waals surface area contributed by atoms with E-state index in [-0.39, 0.29) is 16.5 Å². The third kappa shape index (κ3) is 1.90. The Morgan fingerprint density at radius 3 is 1.67 bits per heavy atom. The smallest absolute Gasteiger partial charge is 0.295 e. The van der Waals surface area contributed by atoms with E-state index >= 15 is 0 Å². The zero-order chi connectivity index (χ0) is 13.1. The summed E-state index contributed by atoms with van der Waals surface area (Å²) in [5.41, 5.74) is -0.00741. The van der Waals surface area contributed by atoms with Crippen LogP contribution in [0.1, 0.15) is 20.7 Å². The fraction of sp³-hybridized carbons (Fsp3) is 0. The maximum atomic E-state index is 11.4. The number of hydrogen-bond acceptors (Lipinski definition) is 6. The number of hydrogen-bond donors (Lipinski definition) is 2. The van der Waals surface area contributed by atoms with Gasteiger partial charge in [0.1, 0.15) is 0 Å². The highest BCUT2D eigenvalue weighted by Gasteiger charge is 2.18. The first-order chi connectivity index (χ1) is 8.69. The van der Waals surface area contributed by atoms with Gasteiger partial charge in [-0.15, -0.1) is 0 Å². The van der Waals surface area contributed by atoms with Gasteiger partial charge in [0.05, 0.1) is 11.1 Å². The van der Waals surface area contributed by atoms with Gasteiger partial charge in [-0.05, 0) is 17.5 Å². The quantitative estimate of drug-likeness (QED) is 0.624. The summed E-state index contributed by atoms with van der Waals surface area (Å²) in [5.74, 6) is -2.00. The van der Waals surface area contributed by atoms with Crippen LogP contribution in [0.25, 0.3) is 10.8 Å². The molecule has 0 saturated carbocycles. The van der Waals surface area contributed by atoms with Crippen LogP contribution in [-0.2, 0) is 9.78 Å². The highest BCUT2D eigenvalue weighted by Crippen LogP contribution is 2.24. The Balaban J connectivity index is 2.80. The van der Waals surface area contributed by atoms with Gasteiger partial charge < -0.3 is 0 Å². The zero-order valence-electron chi connectivity index (χ0n) is 8.99. The van der Waals surface area contributed by atoms with Gasteiger partial charge in [-0.3, -0.25) is 9.78 Å². The van der Waals surface area contributed by atoms with Crippen LogP contribution in [-0.4, -0.2) is 22.5 Å². The molecule has 18 heavy (non-hydrogen) atoms. The summed E-state index contributed by atoms with van der Waals surface area (Å²) in [6.07, 6.45) is 0. The summed E-state index contributed by atoms with van der Waals surface area (Å²) in [5, 5.41) is 17.6. The molecule has 0 bridgehead atoms. The van der Waals surface area contributed by atoms with E-state index in [9.17, 15) is 9.59 Å². The van der Waals surface area contributed by atoms with E-state index in [0.717, 1.165) is 0 Å². The standard InChI is InChI=1S/C12H8O6/c13-11(17-15)8-5-1-3-7-4-2-6-9(10(7)8)12(14)18-16/h1-6,15-16H.